The minimum Gasteiger partial charge on any atom is -0.497 e. The van der Waals surface area contributed by atoms with E-state index < -0.39 is 24.4 Å². The van der Waals surface area contributed by atoms with Crippen molar-refractivity contribution in [1.82, 2.24) is 0 Å². The van der Waals surface area contributed by atoms with Gasteiger partial charge < -0.3 is 33.9 Å². The fourth-order valence-electron chi connectivity index (χ4n) is 3.46. The first-order valence-electron chi connectivity index (χ1n) is 10.1. The molecular weight excluding hydrogens is 432 g/mol. The molecule has 1 aliphatic heterocycles. The number of hydrogen-bond donors (Lipinski definition) is 1. The summed E-state index contributed by atoms with van der Waals surface area (Å²) in [6.45, 7) is -0.404. The SMILES string of the molecule is COc1ccc(OC)c(NC(=O)COC(=O)[C@H]2CC(=O)N(c3cc(OC)ccc3OC)C2)c1. The minimum atomic E-state index is -0.715. The number of esters is 1. The maximum Gasteiger partial charge on any atom is 0.311 e. The number of amides is 2. The number of ether oxygens (including phenoxy) is 5. The summed E-state index contributed by atoms with van der Waals surface area (Å²) in [5, 5.41) is 2.62. The summed E-state index contributed by atoms with van der Waals surface area (Å²) in [5.74, 6) is -0.174. The number of carbonyl (C=O) groups is 3. The average molecular weight is 458 g/mol. The molecule has 10 heteroatoms. The summed E-state index contributed by atoms with van der Waals surface area (Å²) < 4.78 is 26.1. The van der Waals surface area contributed by atoms with Gasteiger partial charge in [-0.1, -0.05) is 0 Å². The second-order valence-corrected chi connectivity index (χ2v) is 7.17. The van der Waals surface area contributed by atoms with Crippen LogP contribution in [-0.4, -0.2) is 59.4 Å². The van der Waals surface area contributed by atoms with Gasteiger partial charge in [-0.3, -0.25) is 14.4 Å². The van der Waals surface area contributed by atoms with Gasteiger partial charge in [0, 0.05) is 25.1 Å². The molecule has 33 heavy (non-hydrogen) atoms. The fourth-order valence-corrected chi connectivity index (χ4v) is 3.46. The van der Waals surface area contributed by atoms with E-state index in [1.165, 1.54) is 33.3 Å². The van der Waals surface area contributed by atoms with Gasteiger partial charge in [0.05, 0.1) is 45.7 Å². The number of nitrogens with zero attached hydrogens (tertiary/aromatic N) is 1. The Morgan fingerprint density at radius 3 is 2.21 bits per heavy atom. The molecule has 1 saturated heterocycles. The molecule has 1 heterocycles. The number of anilines is 2. The van der Waals surface area contributed by atoms with E-state index in [0.29, 0.717) is 34.4 Å². The Kier molecular flexibility index (Phi) is 7.60. The van der Waals surface area contributed by atoms with E-state index in [1.54, 1.807) is 36.4 Å². The van der Waals surface area contributed by atoms with Crippen LogP contribution in [-0.2, 0) is 19.1 Å². The molecule has 0 radical (unpaired) electrons. The summed E-state index contributed by atoms with van der Waals surface area (Å²) in [7, 11) is 5.98. The molecule has 0 aliphatic carbocycles. The molecule has 1 N–H and O–H groups in total. The first kappa shape index (κ1) is 23.7. The van der Waals surface area contributed by atoms with E-state index >= 15 is 0 Å². The lowest BCUT2D eigenvalue weighted by atomic mass is 10.1. The van der Waals surface area contributed by atoms with E-state index in [-0.39, 0.29) is 18.9 Å². The molecule has 2 aromatic rings. The quantitative estimate of drug-likeness (QED) is 0.570. The predicted octanol–water partition coefficient (Wildman–Crippen LogP) is 2.26. The van der Waals surface area contributed by atoms with Crippen molar-refractivity contribution >= 4 is 29.2 Å². The molecule has 176 valence electrons. The lowest BCUT2D eigenvalue weighted by Gasteiger charge is -2.20. The van der Waals surface area contributed by atoms with Crippen molar-refractivity contribution in [2.24, 2.45) is 5.92 Å². The number of benzene rings is 2. The number of nitrogens with one attached hydrogen (secondary N) is 1. The summed E-state index contributed by atoms with van der Waals surface area (Å²) in [5.41, 5.74) is 0.880. The highest BCUT2D eigenvalue weighted by Crippen LogP contribution is 2.36. The second-order valence-electron chi connectivity index (χ2n) is 7.17. The van der Waals surface area contributed by atoms with Crippen LogP contribution in [0, 0.1) is 5.92 Å². The number of methoxy groups -OCH3 is 4. The molecule has 0 aromatic heterocycles. The Morgan fingerprint density at radius 1 is 0.939 bits per heavy atom. The number of rotatable bonds is 9. The topological polar surface area (TPSA) is 113 Å². The van der Waals surface area contributed by atoms with Crippen LogP contribution in [0.5, 0.6) is 23.0 Å². The Bertz CT molecular complexity index is 1040. The van der Waals surface area contributed by atoms with Crippen molar-refractivity contribution < 1.29 is 38.1 Å². The monoisotopic (exact) mass is 458 g/mol. The summed E-state index contributed by atoms with van der Waals surface area (Å²) in [6.07, 6.45) is -0.0372. The third-order valence-electron chi connectivity index (χ3n) is 5.16. The van der Waals surface area contributed by atoms with Crippen LogP contribution in [0.25, 0.3) is 0 Å². The normalized spacial score (nSPS) is 15.1. The zero-order valence-corrected chi connectivity index (χ0v) is 18.9. The van der Waals surface area contributed by atoms with Crippen molar-refractivity contribution in [3.63, 3.8) is 0 Å². The van der Waals surface area contributed by atoms with Crippen molar-refractivity contribution in [3.05, 3.63) is 36.4 Å². The molecule has 10 nitrogen and oxygen atoms in total. The Balaban J connectivity index is 1.61. The minimum absolute atomic E-state index is 0.0372. The first-order chi connectivity index (χ1) is 15.9. The van der Waals surface area contributed by atoms with Gasteiger partial charge in [0.1, 0.15) is 23.0 Å². The van der Waals surface area contributed by atoms with Crippen LogP contribution >= 0.6 is 0 Å². The smallest absolute Gasteiger partial charge is 0.311 e. The maximum atomic E-state index is 12.6. The second kappa shape index (κ2) is 10.6. The summed E-state index contributed by atoms with van der Waals surface area (Å²) in [6, 6.07) is 9.99. The van der Waals surface area contributed by atoms with Gasteiger partial charge in [-0.25, -0.2) is 0 Å². The molecule has 2 amide bonds. The summed E-state index contributed by atoms with van der Waals surface area (Å²) in [4.78, 5) is 38.9. The van der Waals surface area contributed by atoms with Crippen LogP contribution < -0.4 is 29.2 Å². The third kappa shape index (κ3) is 5.46. The van der Waals surface area contributed by atoms with Crippen molar-refractivity contribution in [3.8, 4) is 23.0 Å². The van der Waals surface area contributed by atoms with Crippen molar-refractivity contribution in [2.75, 3.05) is 51.8 Å². The molecule has 0 saturated carbocycles. The van der Waals surface area contributed by atoms with Crippen LogP contribution in [0.15, 0.2) is 36.4 Å². The largest absolute Gasteiger partial charge is 0.497 e. The molecule has 1 fully saturated rings. The fraction of sp³-hybridized carbons (Fsp3) is 0.348. The zero-order chi connectivity index (χ0) is 24.0. The van der Waals surface area contributed by atoms with Gasteiger partial charge in [0.2, 0.25) is 5.91 Å². The highest BCUT2D eigenvalue weighted by atomic mass is 16.5. The molecule has 3 rings (SSSR count). The van der Waals surface area contributed by atoms with E-state index in [1.807, 2.05) is 0 Å². The predicted molar refractivity (Wildman–Crippen MR) is 119 cm³/mol. The van der Waals surface area contributed by atoms with Gasteiger partial charge in [0.15, 0.2) is 6.61 Å². The molecule has 0 bridgehead atoms. The summed E-state index contributed by atoms with van der Waals surface area (Å²) >= 11 is 0. The van der Waals surface area contributed by atoms with Gasteiger partial charge in [-0.15, -0.1) is 0 Å². The van der Waals surface area contributed by atoms with Gasteiger partial charge in [-0.05, 0) is 24.3 Å². The highest BCUT2D eigenvalue weighted by Gasteiger charge is 2.37. The Labute approximate surface area is 191 Å². The maximum absolute atomic E-state index is 12.6. The molecule has 1 atom stereocenters. The van der Waals surface area contributed by atoms with Crippen LogP contribution in [0.3, 0.4) is 0 Å². The van der Waals surface area contributed by atoms with E-state index in [4.69, 9.17) is 23.7 Å². The Morgan fingerprint density at radius 2 is 1.58 bits per heavy atom. The van der Waals surface area contributed by atoms with Gasteiger partial charge in [-0.2, -0.15) is 0 Å². The highest BCUT2D eigenvalue weighted by molar-refractivity contribution is 6.01. The Hall–Kier alpha value is -3.95. The van der Waals surface area contributed by atoms with Gasteiger partial charge >= 0.3 is 5.97 Å². The molecule has 0 unspecified atom stereocenters. The molecule has 0 spiro atoms. The van der Waals surface area contributed by atoms with Crippen LogP contribution in [0.1, 0.15) is 6.42 Å². The standard InChI is InChI=1S/C23H26N2O8/c1-29-15-5-7-19(31-3)17(10-15)24-21(26)13-33-23(28)14-9-22(27)25(12-14)18-11-16(30-2)6-8-20(18)32-4/h5-8,10-11,14H,9,12-13H2,1-4H3,(H,24,26)/t14-/m0/s1. The molecule has 2 aromatic carbocycles. The lowest BCUT2D eigenvalue weighted by Crippen LogP contribution is -2.28. The van der Waals surface area contributed by atoms with Crippen LogP contribution in [0.4, 0.5) is 11.4 Å². The average Bonchev–Trinajstić information content (AvgIpc) is 3.23. The third-order valence-corrected chi connectivity index (χ3v) is 5.16. The number of carbonyl (C=O) groups excluding carboxylic acids is 3. The number of hydrogen-bond acceptors (Lipinski definition) is 8. The van der Waals surface area contributed by atoms with Crippen molar-refractivity contribution in [2.45, 2.75) is 6.42 Å². The first-order valence-corrected chi connectivity index (χ1v) is 10.1. The van der Waals surface area contributed by atoms with Gasteiger partial charge in [0.25, 0.3) is 5.91 Å². The zero-order valence-electron chi connectivity index (χ0n) is 18.9. The molecule has 1 aliphatic rings. The van der Waals surface area contributed by atoms with E-state index in [2.05, 4.69) is 5.32 Å². The van der Waals surface area contributed by atoms with E-state index in [0.717, 1.165) is 0 Å². The van der Waals surface area contributed by atoms with Crippen LogP contribution in [0.2, 0.25) is 0 Å². The van der Waals surface area contributed by atoms with E-state index in [9.17, 15) is 14.4 Å². The lowest BCUT2D eigenvalue weighted by molar-refractivity contribution is -0.151. The van der Waals surface area contributed by atoms with Crippen molar-refractivity contribution in [1.29, 1.82) is 0 Å². The molecular formula is C23H26N2O8.